The topological polar surface area (TPSA) is 77.9 Å². The molecule has 0 bridgehead atoms. The van der Waals surface area contributed by atoms with E-state index in [2.05, 4.69) is 0 Å². The number of aliphatic carboxylic acids is 1. The highest BCUT2D eigenvalue weighted by Gasteiger charge is 2.41. The molecule has 6 nitrogen and oxygen atoms in total. The van der Waals surface area contributed by atoms with Crippen LogP contribution in [0.2, 0.25) is 0 Å². The minimum atomic E-state index is -0.949. The highest BCUT2D eigenvalue weighted by Crippen LogP contribution is 2.25. The van der Waals surface area contributed by atoms with Gasteiger partial charge in [-0.15, -0.1) is 0 Å². The molecule has 0 unspecified atom stereocenters. The smallest absolute Gasteiger partial charge is 0.326 e. The van der Waals surface area contributed by atoms with Gasteiger partial charge in [-0.05, 0) is 44.1 Å². The summed E-state index contributed by atoms with van der Waals surface area (Å²) in [5, 5.41) is 9.30. The number of benzene rings is 1. The van der Waals surface area contributed by atoms with Gasteiger partial charge in [-0.3, -0.25) is 9.59 Å². The Morgan fingerprint density at radius 2 is 1.62 bits per heavy atom. The van der Waals surface area contributed by atoms with Gasteiger partial charge < -0.3 is 14.9 Å². The molecule has 140 valence electrons. The Labute approximate surface area is 153 Å². The fourth-order valence-corrected chi connectivity index (χ4v) is 4.03. The van der Waals surface area contributed by atoms with Crippen molar-refractivity contribution in [3.05, 3.63) is 35.9 Å². The molecule has 3 rings (SSSR count). The number of rotatable bonds is 6. The van der Waals surface area contributed by atoms with Crippen LogP contribution in [-0.4, -0.2) is 57.9 Å². The van der Waals surface area contributed by atoms with Crippen LogP contribution in [0, 0.1) is 0 Å². The molecule has 2 atom stereocenters. The summed E-state index contributed by atoms with van der Waals surface area (Å²) in [6.45, 7) is 1.06. The summed E-state index contributed by atoms with van der Waals surface area (Å²) < 4.78 is 0. The van der Waals surface area contributed by atoms with E-state index < -0.39 is 18.1 Å². The van der Waals surface area contributed by atoms with E-state index in [-0.39, 0.29) is 11.8 Å². The van der Waals surface area contributed by atoms with Crippen LogP contribution in [0.25, 0.3) is 0 Å². The normalized spacial score (nSPS) is 22.6. The van der Waals surface area contributed by atoms with Gasteiger partial charge in [0.25, 0.3) is 0 Å². The lowest BCUT2D eigenvalue weighted by molar-refractivity contribution is -0.151. The number of carboxylic acids is 1. The van der Waals surface area contributed by atoms with E-state index in [0.29, 0.717) is 38.8 Å². The quantitative estimate of drug-likeness (QED) is 0.844. The first-order valence-electron chi connectivity index (χ1n) is 9.44. The largest absolute Gasteiger partial charge is 0.480 e. The maximum atomic E-state index is 12.8. The third kappa shape index (κ3) is 4.06. The number of carbonyl (C=O) groups excluding carboxylic acids is 2. The van der Waals surface area contributed by atoms with Gasteiger partial charge in [-0.25, -0.2) is 4.79 Å². The van der Waals surface area contributed by atoms with E-state index in [1.807, 2.05) is 30.3 Å². The molecule has 0 saturated carbocycles. The third-order valence-electron chi connectivity index (χ3n) is 5.38. The van der Waals surface area contributed by atoms with Crippen molar-refractivity contribution >= 4 is 17.8 Å². The number of nitrogens with zero attached hydrogens (tertiary/aromatic N) is 2. The van der Waals surface area contributed by atoms with Gasteiger partial charge in [0.15, 0.2) is 0 Å². The van der Waals surface area contributed by atoms with Gasteiger partial charge in [0.2, 0.25) is 11.8 Å². The first-order chi connectivity index (χ1) is 12.6. The van der Waals surface area contributed by atoms with Crippen LogP contribution in [0.1, 0.15) is 44.1 Å². The van der Waals surface area contributed by atoms with Crippen LogP contribution >= 0.6 is 0 Å². The van der Waals surface area contributed by atoms with Crippen LogP contribution in [-0.2, 0) is 20.8 Å². The van der Waals surface area contributed by atoms with E-state index in [1.54, 1.807) is 4.90 Å². The number of aryl methyl sites for hydroxylation is 1. The van der Waals surface area contributed by atoms with Crippen molar-refractivity contribution in [2.45, 2.75) is 57.0 Å². The predicted octanol–water partition coefficient (Wildman–Crippen LogP) is 2.08. The number of carbonyl (C=O) groups is 3. The standard InChI is InChI=1S/C20H26N2O4/c23-18(12-4-9-15-7-2-1-3-8-15)21-13-5-10-16(21)19(24)22-14-6-11-17(22)20(25)26/h1-3,7-8,16-17H,4-6,9-14H2,(H,25,26)/t16-,17-/m0/s1. The summed E-state index contributed by atoms with van der Waals surface area (Å²) in [6.07, 6.45) is 4.65. The van der Waals surface area contributed by atoms with Crippen molar-refractivity contribution in [1.29, 1.82) is 0 Å². The van der Waals surface area contributed by atoms with Crippen molar-refractivity contribution in [2.24, 2.45) is 0 Å². The summed E-state index contributed by atoms with van der Waals surface area (Å²) in [5.74, 6) is -1.14. The van der Waals surface area contributed by atoms with Crippen LogP contribution in [0.3, 0.4) is 0 Å². The molecule has 0 aromatic heterocycles. The van der Waals surface area contributed by atoms with Crippen LogP contribution in [0.5, 0.6) is 0 Å². The molecule has 0 radical (unpaired) electrons. The monoisotopic (exact) mass is 358 g/mol. The lowest BCUT2D eigenvalue weighted by Gasteiger charge is -2.30. The highest BCUT2D eigenvalue weighted by molar-refractivity contribution is 5.91. The molecule has 0 aliphatic carbocycles. The number of likely N-dealkylation sites (tertiary alicyclic amines) is 2. The van der Waals surface area contributed by atoms with Crippen molar-refractivity contribution in [3.8, 4) is 0 Å². The fraction of sp³-hybridized carbons (Fsp3) is 0.550. The first-order valence-corrected chi connectivity index (χ1v) is 9.44. The Morgan fingerprint density at radius 1 is 0.962 bits per heavy atom. The van der Waals surface area contributed by atoms with Gasteiger partial charge in [-0.1, -0.05) is 30.3 Å². The molecule has 1 aromatic carbocycles. The summed E-state index contributed by atoms with van der Waals surface area (Å²) in [5.41, 5.74) is 1.20. The number of amides is 2. The Morgan fingerprint density at radius 3 is 2.31 bits per heavy atom. The average Bonchev–Trinajstić information content (AvgIpc) is 3.31. The molecular weight excluding hydrogens is 332 g/mol. The molecule has 6 heteroatoms. The summed E-state index contributed by atoms with van der Waals surface area (Å²) in [6, 6.07) is 8.82. The molecule has 1 aromatic rings. The van der Waals surface area contributed by atoms with Gasteiger partial charge in [0, 0.05) is 19.5 Å². The van der Waals surface area contributed by atoms with E-state index in [4.69, 9.17) is 0 Å². The zero-order valence-electron chi connectivity index (χ0n) is 15.0. The predicted molar refractivity (Wildman–Crippen MR) is 96.5 cm³/mol. The van der Waals surface area contributed by atoms with Gasteiger partial charge in [-0.2, -0.15) is 0 Å². The lowest BCUT2D eigenvalue weighted by atomic mass is 10.1. The highest BCUT2D eigenvalue weighted by atomic mass is 16.4. The van der Waals surface area contributed by atoms with Crippen molar-refractivity contribution in [3.63, 3.8) is 0 Å². The molecule has 2 saturated heterocycles. The fourth-order valence-electron chi connectivity index (χ4n) is 4.03. The second kappa shape index (κ2) is 8.34. The molecular formula is C20H26N2O4. The summed E-state index contributed by atoms with van der Waals surface area (Å²) in [7, 11) is 0. The van der Waals surface area contributed by atoms with E-state index >= 15 is 0 Å². The first kappa shape index (κ1) is 18.4. The van der Waals surface area contributed by atoms with Gasteiger partial charge in [0.05, 0.1) is 0 Å². The zero-order chi connectivity index (χ0) is 18.5. The van der Waals surface area contributed by atoms with E-state index in [1.165, 1.54) is 10.5 Å². The average molecular weight is 358 g/mol. The maximum absolute atomic E-state index is 12.8. The lowest BCUT2D eigenvalue weighted by Crippen LogP contribution is -2.50. The van der Waals surface area contributed by atoms with Crippen molar-refractivity contribution in [1.82, 2.24) is 9.80 Å². The summed E-state index contributed by atoms with van der Waals surface area (Å²) >= 11 is 0. The molecule has 2 amide bonds. The molecule has 2 fully saturated rings. The SMILES string of the molecule is O=C(O)[C@@H]1CCCN1C(=O)[C@@H]1CCCN1C(=O)CCCc1ccccc1. The third-order valence-corrected chi connectivity index (χ3v) is 5.38. The Balaban J connectivity index is 1.56. The Hall–Kier alpha value is -2.37. The molecule has 0 spiro atoms. The molecule has 2 aliphatic heterocycles. The second-order valence-electron chi connectivity index (χ2n) is 7.11. The van der Waals surface area contributed by atoms with Crippen molar-refractivity contribution < 1.29 is 19.5 Å². The van der Waals surface area contributed by atoms with E-state index in [0.717, 1.165) is 19.3 Å². The number of hydrogen-bond donors (Lipinski definition) is 1. The van der Waals surface area contributed by atoms with Crippen molar-refractivity contribution in [2.75, 3.05) is 13.1 Å². The Bertz CT molecular complexity index is 661. The molecule has 1 N–H and O–H groups in total. The second-order valence-corrected chi connectivity index (χ2v) is 7.11. The maximum Gasteiger partial charge on any atom is 0.326 e. The van der Waals surface area contributed by atoms with Crippen LogP contribution in [0.15, 0.2) is 30.3 Å². The summed E-state index contributed by atoms with van der Waals surface area (Å²) in [4.78, 5) is 39.9. The Kier molecular flexibility index (Phi) is 5.91. The minimum absolute atomic E-state index is 0.00264. The molecule has 2 aliphatic rings. The minimum Gasteiger partial charge on any atom is -0.480 e. The van der Waals surface area contributed by atoms with Crippen LogP contribution < -0.4 is 0 Å². The van der Waals surface area contributed by atoms with E-state index in [9.17, 15) is 19.5 Å². The number of carboxylic acid groups (broad SMARTS) is 1. The van der Waals surface area contributed by atoms with Gasteiger partial charge in [0.1, 0.15) is 12.1 Å². The molecule has 2 heterocycles. The molecule has 26 heavy (non-hydrogen) atoms. The van der Waals surface area contributed by atoms with Crippen LogP contribution in [0.4, 0.5) is 0 Å². The zero-order valence-corrected chi connectivity index (χ0v) is 15.0. The number of hydrogen-bond acceptors (Lipinski definition) is 3. The van der Waals surface area contributed by atoms with Gasteiger partial charge >= 0.3 is 5.97 Å².